The number of nitrogens with zero attached hydrogens (tertiary/aromatic N) is 1. The smallest absolute Gasteiger partial charge is 0.271 e. The minimum Gasteiger partial charge on any atom is -0.481 e. The Morgan fingerprint density at radius 3 is 2.72 bits per heavy atom. The van der Waals surface area contributed by atoms with Gasteiger partial charge in [-0.05, 0) is 30.7 Å². The van der Waals surface area contributed by atoms with Gasteiger partial charge in [-0.25, -0.2) is 0 Å². The van der Waals surface area contributed by atoms with Crippen LogP contribution in [0, 0.1) is 13.8 Å². The fourth-order valence-electron chi connectivity index (χ4n) is 1.65. The molecule has 1 aromatic carbocycles. The molecule has 0 spiro atoms. The highest BCUT2D eigenvalue weighted by Crippen LogP contribution is 2.25. The van der Waals surface area contributed by atoms with Crippen molar-refractivity contribution in [1.29, 1.82) is 0 Å². The highest BCUT2D eigenvalue weighted by atomic mass is 35.5. The third-order valence-corrected chi connectivity index (χ3v) is 2.99. The summed E-state index contributed by atoms with van der Waals surface area (Å²) in [6.07, 6.45) is 0. The van der Waals surface area contributed by atoms with E-state index in [-0.39, 0.29) is 6.61 Å². The fraction of sp³-hybridized carbons (Fsp3) is 0.214. The highest BCUT2D eigenvalue weighted by Gasteiger charge is 2.13. The summed E-state index contributed by atoms with van der Waals surface area (Å²) in [5, 5.41) is 10.4. The average molecular weight is 265 g/mol. The predicted molar refractivity (Wildman–Crippen MR) is 69.1 cm³/mol. The average Bonchev–Trinajstić information content (AvgIpc) is 2.33. The number of aryl methyl sites for hydroxylation is 2. The van der Waals surface area contributed by atoms with E-state index in [1.807, 2.05) is 44.2 Å². The third kappa shape index (κ3) is 2.74. The first-order valence-electron chi connectivity index (χ1n) is 5.66. The van der Waals surface area contributed by atoms with Crippen LogP contribution in [0.4, 0.5) is 0 Å². The van der Waals surface area contributed by atoms with Gasteiger partial charge in [0.2, 0.25) is 5.69 Å². The number of hydrogen-bond donors (Lipinski definition) is 1. The van der Waals surface area contributed by atoms with Crippen molar-refractivity contribution < 1.29 is 14.7 Å². The normalized spacial score (nSPS) is 10.4. The first-order chi connectivity index (χ1) is 8.58. The molecule has 0 atom stereocenters. The highest BCUT2D eigenvalue weighted by molar-refractivity contribution is 6.32. The lowest BCUT2D eigenvalue weighted by atomic mass is 10.2. The lowest BCUT2D eigenvalue weighted by molar-refractivity contribution is -0.914. The summed E-state index contributed by atoms with van der Waals surface area (Å²) < 4.78 is 6.71. The predicted octanol–water partition coefficient (Wildman–Crippen LogP) is 3.06. The van der Waals surface area contributed by atoms with Crippen molar-refractivity contribution in [1.82, 2.24) is 0 Å². The van der Waals surface area contributed by atoms with E-state index in [1.165, 1.54) is 0 Å². The van der Waals surface area contributed by atoms with Gasteiger partial charge < -0.3 is 4.74 Å². The van der Waals surface area contributed by atoms with Crippen LogP contribution >= 0.6 is 11.6 Å². The van der Waals surface area contributed by atoms with Gasteiger partial charge in [-0.3, -0.25) is 5.21 Å². The lowest BCUT2D eigenvalue weighted by Gasteiger charge is -2.06. The maximum Gasteiger partial charge on any atom is 0.271 e. The van der Waals surface area contributed by atoms with Crippen LogP contribution in [-0.2, 0) is 6.61 Å². The Kier molecular flexibility index (Phi) is 3.72. The van der Waals surface area contributed by atoms with Crippen LogP contribution in [0.3, 0.4) is 0 Å². The van der Waals surface area contributed by atoms with E-state index in [1.54, 1.807) is 6.07 Å². The number of benzene rings is 1. The lowest BCUT2D eigenvalue weighted by Crippen LogP contribution is -2.39. The third-order valence-electron chi connectivity index (χ3n) is 2.70. The van der Waals surface area contributed by atoms with Crippen molar-refractivity contribution in [3.8, 4) is 5.75 Å². The quantitative estimate of drug-likeness (QED) is 0.683. The Morgan fingerprint density at radius 1 is 1.22 bits per heavy atom. The number of ether oxygens (including phenoxy) is 1. The molecule has 1 N–H and O–H groups in total. The monoisotopic (exact) mass is 264 g/mol. The molecule has 0 unspecified atom stereocenters. The molecule has 94 valence electrons. The van der Waals surface area contributed by atoms with Crippen molar-refractivity contribution in [2.24, 2.45) is 0 Å². The Bertz CT molecular complexity index is 570. The summed E-state index contributed by atoms with van der Waals surface area (Å²) in [5.41, 5.74) is 2.51. The number of aromatic nitrogens is 1. The molecule has 0 aliphatic carbocycles. The second-order valence-electron chi connectivity index (χ2n) is 4.19. The summed E-state index contributed by atoms with van der Waals surface area (Å²) in [7, 11) is 0. The maximum atomic E-state index is 9.79. The molecule has 4 heteroatoms. The summed E-state index contributed by atoms with van der Waals surface area (Å²) in [6.45, 7) is 4.06. The zero-order chi connectivity index (χ0) is 13.1. The molecular formula is C14H15ClNO2+. The van der Waals surface area contributed by atoms with Crippen LogP contribution in [0.2, 0.25) is 5.02 Å². The van der Waals surface area contributed by atoms with Gasteiger partial charge in [0.05, 0.1) is 5.02 Å². The topological polar surface area (TPSA) is 33.3 Å². The van der Waals surface area contributed by atoms with Gasteiger partial charge in [-0.15, -0.1) is 0 Å². The van der Waals surface area contributed by atoms with Crippen molar-refractivity contribution in [2.75, 3.05) is 0 Å². The number of hydrogen-bond acceptors (Lipinski definition) is 2. The Morgan fingerprint density at radius 2 is 2.00 bits per heavy atom. The minimum absolute atomic E-state index is 0.265. The fourth-order valence-corrected chi connectivity index (χ4v) is 1.94. The first-order valence-corrected chi connectivity index (χ1v) is 6.04. The van der Waals surface area contributed by atoms with Gasteiger partial charge in [0, 0.05) is 23.8 Å². The van der Waals surface area contributed by atoms with Crippen LogP contribution in [-0.4, -0.2) is 5.21 Å². The van der Waals surface area contributed by atoms with Crippen LogP contribution < -0.4 is 9.47 Å². The SMILES string of the molecule is Cc1ccc(OCc2cccc(C)[n+]2O)c(Cl)c1. The van der Waals surface area contributed by atoms with E-state index < -0.39 is 0 Å². The van der Waals surface area contributed by atoms with Crippen molar-refractivity contribution >= 4 is 11.6 Å². The first kappa shape index (κ1) is 12.7. The van der Waals surface area contributed by atoms with Crippen molar-refractivity contribution in [3.05, 3.63) is 58.4 Å². The van der Waals surface area contributed by atoms with E-state index in [0.29, 0.717) is 16.5 Å². The van der Waals surface area contributed by atoms with Gasteiger partial charge >= 0.3 is 0 Å². The van der Waals surface area contributed by atoms with E-state index in [4.69, 9.17) is 16.3 Å². The van der Waals surface area contributed by atoms with Crippen molar-refractivity contribution in [2.45, 2.75) is 20.5 Å². The molecule has 0 bridgehead atoms. The van der Waals surface area contributed by atoms with Gasteiger partial charge in [-0.2, -0.15) is 0 Å². The molecule has 0 aliphatic rings. The zero-order valence-electron chi connectivity index (χ0n) is 10.4. The Labute approximate surface area is 111 Å². The molecule has 0 saturated carbocycles. The van der Waals surface area contributed by atoms with Gasteiger partial charge in [0.25, 0.3) is 5.69 Å². The number of pyridine rings is 1. The molecule has 0 fully saturated rings. The van der Waals surface area contributed by atoms with Crippen LogP contribution in [0.5, 0.6) is 5.75 Å². The van der Waals surface area contributed by atoms with Crippen LogP contribution in [0.1, 0.15) is 17.0 Å². The van der Waals surface area contributed by atoms with E-state index in [2.05, 4.69) is 0 Å². The minimum atomic E-state index is 0.265. The standard InChI is InChI=1S/C14H15ClNO2/c1-10-6-7-14(13(15)8-10)18-9-12-5-3-4-11(2)16(12)17/h3-8,17H,9H2,1-2H3/q+1. The zero-order valence-corrected chi connectivity index (χ0v) is 11.1. The molecule has 0 aliphatic heterocycles. The van der Waals surface area contributed by atoms with Crippen LogP contribution in [0.15, 0.2) is 36.4 Å². The molecular weight excluding hydrogens is 250 g/mol. The molecule has 1 aromatic heterocycles. The van der Waals surface area contributed by atoms with Gasteiger partial charge in [0.1, 0.15) is 5.75 Å². The van der Waals surface area contributed by atoms with E-state index >= 15 is 0 Å². The molecule has 0 saturated heterocycles. The molecule has 1 heterocycles. The van der Waals surface area contributed by atoms with Gasteiger partial charge in [-0.1, -0.05) is 17.7 Å². The molecule has 18 heavy (non-hydrogen) atoms. The number of halogens is 1. The van der Waals surface area contributed by atoms with Crippen LogP contribution in [0.25, 0.3) is 0 Å². The molecule has 0 radical (unpaired) electrons. The van der Waals surface area contributed by atoms with Crippen molar-refractivity contribution in [3.63, 3.8) is 0 Å². The largest absolute Gasteiger partial charge is 0.481 e. The van der Waals surface area contributed by atoms with E-state index in [9.17, 15) is 5.21 Å². The Hall–Kier alpha value is -1.74. The molecule has 0 amide bonds. The summed E-state index contributed by atoms with van der Waals surface area (Å²) >= 11 is 6.07. The van der Waals surface area contributed by atoms with E-state index in [0.717, 1.165) is 16.0 Å². The molecule has 2 rings (SSSR count). The number of rotatable bonds is 3. The second-order valence-corrected chi connectivity index (χ2v) is 4.60. The molecule has 2 aromatic rings. The summed E-state index contributed by atoms with van der Waals surface area (Å²) in [4.78, 5) is 0. The summed E-state index contributed by atoms with van der Waals surface area (Å²) in [5.74, 6) is 0.615. The second kappa shape index (κ2) is 5.27. The maximum absolute atomic E-state index is 9.79. The molecule has 3 nitrogen and oxygen atoms in total. The van der Waals surface area contributed by atoms with Gasteiger partial charge in [0.15, 0.2) is 6.61 Å². The Balaban J connectivity index is 2.14. The summed E-state index contributed by atoms with van der Waals surface area (Å²) in [6, 6.07) is 11.1.